The van der Waals surface area contributed by atoms with Crippen molar-refractivity contribution in [3.63, 3.8) is 0 Å². The number of hydrogen-bond donors (Lipinski definition) is 1. The maximum absolute atomic E-state index is 15.1. The second kappa shape index (κ2) is 9.20. The molecule has 0 aliphatic carbocycles. The molecule has 1 N–H and O–H groups in total. The van der Waals surface area contributed by atoms with Crippen LogP contribution in [-0.2, 0) is 9.59 Å². The number of ketones is 1. The predicted octanol–water partition coefficient (Wildman–Crippen LogP) is 6.08. The van der Waals surface area contributed by atoms with Gasteiger partial charge in [0.05, 0.1) is 22.4 Å². The second-order valence-electron chi connectivity index (χ2n) is 8.58. The molecule has 8 heteroatoms. The highest BCUT2D eigenvalue weighted by molar-refractivity contribution is 7.22. The van der Waals surface area contributed by atoms with Gasteiger partial charge < -0.3 is 9.84 Å². The van der Waals surface area contributed by atoms with E-state index in [1.54, 1.807) is 30.3 Å². The first-order chi connectivity index (χ1) is 17.3. The number of halogens is 1. The Balaban J connectivity index is 1.74. The van der Waals surface area contributed by atoms with Gasteiger partial charge in [-0.25, -0.2) is 9.37 Å². The third-order valence-electron chi connectivity index (χ3n) is 6.09. The van der Waals surface area contributed by atoms with E-state index in [0.717, 1.165) is 15.8 Å². The zero-order chi connectivity index (χ0) is 25.6. The van der Waals surface area contributed by atoms with Gasteiger partial charge in [0.1, 0.15) is 23.4 Å². The third-order valence-corrected chi connectivity index (χ3v) is 7.09. The van der Waals surface area contributed by atoms with Crippen LogP contribution in [0, 0.1) is 19.7 Å². The van der Waals surface area contributed by atoms with E-state index < -0.39 is 29.3 Å². The minimum absolute atomic E-state index is 0.0892. The number of amides is 1. The average molecular weight is 503 g/mol. The van der Waals surface area contributed by atoms with Crippen LogP contribution in [0.4, 0.5) is 9.52 Å². The Kier molecular flexibility index (Phi) is 6.05. The monoisotopic (exact) mass is 502 g/mol. The molecule has 5 rings (SSSR count). The van der Waals surface area contributed by atoms with E-state index in [9.17, 15) is 14.7 Å². The summed E-state index contributed by atoms with van der Waals surface area (Å²) in [5, 5.41) is 11.6. The van der Waals surface area contributed by atoms with Crippen molar-refractivity contribution in [1.82, 2.24) is 4.98 Å². The molecule has 1 unspecified atom stereocenters. The summed E-state index contributed by atoms with van der Waals surface area (Å²) in [5.41, 5.74) is 2.85. The fraction of sp³-hybridized carbons (Fsp3) is 0.179. The van der Waals surface area contributed by atoms with Crippen LogP contribution in [-0.4, -0.2) is 28.4 Å². The molecule has 182 valence electrons. The predicted molar refractivity (Wildman–Crippen MR) is 138 cm³/mol. The van der Waals surface area contributed by atoms with E-state index >= 15 is 4.39 Å². The first kappa shape index (κ1) is 23.7. The molecule has 1 fully saturated rings. The van der Waals surface area contributed by atoms with E-state index in [1.807, 2.05) is 32.9 Å². The Labute approximate surface area is 211 Å². The van der Waals surface area contributed by atoms with Gasteiger partial charge in [0.25, 0.3) is 5.78 Å². The second-order valence-corrected chi connectivity index (χ2v) is 9.59. The number of anilines is 1. The van der Waals surface area contributed by atoms with Crippen LogP contribution in [0.15, 0.2) is 66.2 Å². The quantitative estimate of drug-likeness (QED) is 0.203. The van der Waals surface area contributed by atoms with Crippen molar-refractivity contribution in [2.75, 3.05) is 11.5 Å². The van der Waals surface area contributed by atoms with Crippen molar-refractivity contribution < 1.29 is 23.8 Å². The van der Waals surface area contributed by atoms with Crippen LogP contribution < -0.4 is 9.64 Å². The molecule has 0 radical (unpaired) electrons. The van der Waals surface area contributed by atoms with Crippen LogP contribution >= 0.6 is 11.3 Å². The molecule has 0 bridgehead atoms. The molecule has 1 atom stereocenters. The van der Waals surface area contributed by atoms with Gasteiger partial charge >= 0.3 is 5.91 Å². The number of carbonyl (C=O) groups is 2. The minimum Gasteiger partial charge on any atom is -0.507 e. The van der Waals surface area contributed by atoms with Gasteiger partial charge in [-0.3, -0.25) is 14.5 Å². The number of Topliss-reactive ketones (excluding diaryl/α,β-unsaturated/α-hetero) is 1. The van der Waals surface area contributed by atoms with E-state index in [2.05, 4.69) is 4.98 Å². The van der Waals surface area contributed by atoms with Gasteiger partial charge in [0.15, 0.2) is 5.13 Å². The first-order valence-electron chi connectivity index (χ1n) is 11.5. The Morgan fingerprint density at radius 3 is 2.64 bits per heavy atom. The molecule has 1 saturated heterocycles. The summed E-state index contributed by atoms with van der Waals surface area (Å²) in [6, 6.07) is 15.2. The van der Waals surface area contributed by atoms with Crippen molar-refractivity contribution in [2.45, 2.75) is 26.8 Å². The number of fused-ring (bicyclic) bond motifs is 1. The molecule has 0 saturated carbocycles. The molecule has 4 aromatic rings. The number of aryl methyl sites for hydroxylation is 2. The lowest BCUT2D eigenvalue weighted by molar-refractivity contribution is -0.132. The number of aromatic nitrogens is 1. The normalized spacial score (nSPS) is 17.2. The largest absolute Gasteiger partial charge is 0.507 e. The number of aliphatic hydroxyl groups excluding tert-OH is 1. The Morgan fingerprint density at radius 1 is 1.11 bits per heavy atom. The zero-order valence-electron chi connectivity index (χ0n) is 19.9. The van der Waals surface area contributed by atoms with Crippen LogP contribution in [0.3, 0.4) is 0 Å². The van der Waals surface area contributed by atoms with Gasteiger partial charge in [-0.1, -0.05) is 47.7 Å². The molecule has 1 aromatic heterocycles. The molecule has 0 spiro atoms. The summed E-state index contributed by atoms with van der Waals surface area (Å²) in [7, 11) is 0. The van der Waals surface area contributed by atoms with Crippen molar-refractivity contribution >= 4 is 44.1 Å². The molecule has 3 aromatic carbocycles. The van der Waals surface area contributed by atoms with Crippen LogP contribution in [0.25, 0.3) is 16.0 Å². The number of rotatable bonds is 5. The lowest BCUT2D eigenvalue weighted by atomic mass is 9.95. The van der Waals surface area contributed by atoms with Crippen LogP contribution in [0.5, 0.6) is 5.75 Å². The molecule has 1 amide bonds. The summed E-state index contributed by atoms with van der Waals surface area (Å²) < 4.78 is 21.5. The topological polar surface area (TPSA) is 79.7 Å². The van der Waals surface area contributed by atoms with E-state index in [4.69, 9.17) is 4.74 Å². The molecule has 1 aliphatic rings. The third kappa shape index (κ3) is 3.93. The van der Waals surface area contributed by atoms with Crippen molar-refractivity contribution in [3.8, 4) is 5.75 Å². The highest BCUT2D eigenvalue weighted by Gasteiger charge is 2.49. The van der Waals surface area contributed by atoms with Gasteiger partial charge in [-0.05, 0) is 56.2 Å². The van der Waals surface area contributed by atoms with Crippen molar-refractivity contribution in [2.24, 2.45) is 0 Å². The first-order valence-corrected chi connectivity index (χ1v) is 12.3. The number of thiazole rings is 1. The van der Waals surface area contributed by atoms with Gasteiger partial charge in [0, 0.05) is 11.1 Å². The number of hydrogen-bond acceptors (Lipinski definition) is 6. The number of aliphatic hydroxyl groups is 1. The van der Waals surface area contributed by atoms with Crippen molar-refractivity contribution in [1.29, 1.82) is 0 Å². The Morgan fingerprint density at radius 2 is 1.89 bits per heavy atom. The smallest absolute Gasteiger partial charge is 0.301 e. The lowest BCUT2D eigenvalue weighted by Crippen LogP contribution is -2.29. The van der Waals surface area contributed by atoms with Gasteiger partial charge in [-0.2, -0.15) is 0 Å². The fourth-order valence-electron chi connectivity index (χ4n) is 4.54. The maximum atomic E-state index is 15.1. The minimum atomic E-state index is -1.19. The van der Waals surface area contributed by atoms with E-state index in [-0.39, 0.29) is 21.8 Å². The molecule has 1 aliphatic heterocycles. The standard InChI is InChI=1S/C28H23FN2O4S/c1-4-35-18-9-7-8-17(14-18)25(32)22-24(19-10-5-6-11-20(19)29)31(27(34)26(22)33)28-30-23-16(3)12-15(2)13-21(23)36-28/h5-14,24,32H,4H2,1-3H3/b25-22+. The summed E-state index contributed by atoms with van der Waals surface area (Å²) >= 11 is 1.25. The summed E-state index contributed by atoms with van der Waals surface area (Å²) in [4.78, 5) is 32.6. The Hall–Kier alpha value is -4.04. The molecular formula is C28H23FN2O4S. The molecular weight excluding hydrogens is 479 g/mol. The van der Waals surface area contributed by atoms with E-state index in [0.29, 0.717) is 17.9 Å². The Bertz CT molecular complexity index is 1560. The highest BCUT2D eigenvalue weighted by Crippen LogP contribution is 2.45. The zero-order valence-corrected chi connectivity index (χ0v) is 20.7. The number of ether oxygens (including phenoxy) is 1. The summed E-state index contributed by atoms with van der Waals surface area (Å²) in [6.45, 7) is 6.14. The summed E-state index contributed by atoms with van der Waals surface area (Å²) in [6.07, 6.45) is 0. The SMILES string of the molecule is CCOc1cccc(/C(O)=C2\C(=O)C(=O)N(c3nc4c(C)cc(C)cc4s3)C2c2ccccc2F)c1. The van der Waals surface area contributed by atoms with Crippen LogP contribution in [0.1, 0.15) is 35.2 Å². The maximum Gasteiger partial charge on any atom is 0.301 e. The lowest BCUT2D eigenvalue weighted by Gasteiger charge is -2.23. The molecule has 6 nitrogen and oxygen atoms in total. The van der Waals surface area contributed by atoms with Crippen molar-refractivity contribution in [3.05, 3.63) is 94.3 Å². The number of carbonyl (C=O) groups excluding carboxylic acids is 2. The highest BCUT2D eigenvalue weighted by atomic mass is 32.1. The molecule has 36 heavy (non-hydrogen) atoms. The number of benzene rings is 3. The van der Waals surface area contributed by atoms with Gasteiger partial charge in [-0.15, -0.1) is 0 Å². The summed E-state index contributed by atoms with van der Waals surface area (Å²) in [5.74, 6) is -2.29. The number of nitrogens with zero attached hydrogens (tertiary/aromatic N) is 2. The van der Waals surface area contributed by atoms with Gasteiger partial charge in [0.2, 0.25) is 0 Å². The molecule has 2 heterocycles. The fourth-order valence-corrected chi connectivity index (χ4v) is 5.71. The average Bonchev–Trinajstić information content (AvgIpc) is 3.38. The van der Waals surface area contributed by atoms with E-state index in [1.165, 1.54) is 34.4 Å². The van der Waals surface area contributed by atoms with Crippen LogP contribution in [0.2, 0.25) is 0 Å².